The lowest BCUT2D eigenvalue weighted by Gasteiger charge is -2.33. The molecule has 1 aliphatic rings. The van der Waals surface area contributed by atoms with Gasteiger partial charge in [-0.15, -0.1) is 0 Å². The zero-order chi connectivity index (χ0) is 15.0. The van der Waals surface area contributed by atoms with Gasteiger partial charge < -0.3 is 15.5 Å². The molecule has 0 aromatic carbocycles. The van der Waals surface area contributed by atoms with Crippen LogP contribution in [-0.4, -0.2) is 61.1 Å². The molecule has 0 unspecified atom stereocenters. The third-order valence-corrected chi connectivity index (χ3v) is 5.18. The Morgan fingerprint density at radius 3 is 2.50 bits per heavy atom. The molecular formula is C15H32N4S. The second-order valence-electron chi connectivity index (χ2n) is 6.15. The molecule has 0 aromatic heterocycles. The molecule has 0 atom stereocenters. The van der Waals surface area contributed by atoms with Gasteiger partial charge in [0.15, 0.2) is 5.96 Å². The highest BCUT2D eigenvalue weighted by molar-refractivity contribution is 7.99. The second kappa shape index (κ2) is 8.78. The summed E-state index contributed by atoms with van der Waals surface area (Å²) in [6, 6.07) is 0.562. The number of likely N-dealkylation sites (tertiary alicyclic amines) is 1. The lowest BCUT2D eigenvalue weighted by molar-refractivity contribution is 0.206. The minimum Gasteiger partial charge on any atom is -0.355 e. The number of nitrogens with one attached hydrogen (secondary N) is 2. The number of hydrogen-bond acceptors (Lipinski definition) is 3. The molecule has 0 radical (unpaired) electrons. The van der Waals surface area contributed by atoms with Crippen LogP contribution in [0.1, 0.15) is 40.0 Å². The lowest BCUT2D eigenvalue weighted by atomic mass is 10.1. The van der Waals surface area contributed by atoms with E-state index in [2.05, 4.69) is 47.6 Å². The number of piperidine rings is 1. The molecule has 0 aromatic rings. The van der Waals surface area contributed by atoms with Crippen molar-refractivity contribution in [2.75, 3.05) is 39.5 Å². The Labute approximate surface area is 129 Å². The summed E-state index contributed by atoms with van der Waals surface area (Å²) in [5.74, 6) is 0.945. The number of aliphatic imine (C=N–C) groups is 1. The Hall–Kier alpha value is -0.420. The molecule has 1 heterocycles. The molecule has 0 amide bonds. The van der Waals surface area contributed by atoms with Crippen molar-refractivity contribution >= 4 is 17.7 Å². The summed E-state index contributed by atoms with van der Waals surface area (Å²) in [6.45, 7) is 11.3. The largest absolute Gasteiger partial charge is 0.355 e. The van der Waals surface area contributed by atoms with Crippen LogP contribution in [0.15, 0.2) is 4.99 Å². The number of hydrogen-bond donors (Lipinski definition) is 2. The first-order chi connectivity index (χ1) is 9.50. The molecule has 1 fully saturated rings. The molecule has 20 heavy (non-hydrogen) atoms. The van der Waals surface area contributed by atoms with Gasteiger partial charge in [0.05, 0.1) is 0 Å². The van der Waals surface area contributed by atoms with Crippen LogP contribution < -0.4 is 10.6 Å². The molecule has 4 nitrogen and oxygen atoms in total. The van der Waals surface area contributed by atoms with Crippen molar-refractivity contribution < 1.29 is 0 Å². The van der Waals surface area contributed by atoms with Gasteiger partial charge in [0, 0.05) is 37.5 Å². The zero-order valence-corrected chi connectivity index (χ0v) is 14.6. The maximum Gasteiger partial charge on any atom is 0.191 e. The summed E-state index contributed by atoms with van der Waals surface area (Å²) in [7, 11) is 1.85. The predicted molar refractivity (Wildman–Crippen MR) is 91.8 cm³/mol. The molecule has 1 saturated heterocycles. The summed E-state index contributed by atoms with van der Waals surface area (Å²) in [5, 5.41) is 7.02. The van der Waals surface area contributed by atoms with Crippen LogP contribution in [-0.2, 0) is 0 Å². The van der Waals surface area contributed by atoms with Gasteiger partial charge in [-0.2, -0.15) is 11.8 Å². The van der Waals surface area contributed by atoms with E-state index in [4.69, 9.17) is 0 Å². The van der Waals surface area contributed by atoms with Gasteiger partial charge in [0.25, 0.3) is 0 Å². The topological polar surface area (TPSA) is 39.7 Å². The Morgan fingerprint density at radius 1 is 1.35 bits per heavy atom. The van der Waals surface area contributed by atoms with E-state index < -0.39 is 0 Å². The second-order valence-corrected chi connectivity index (χ2v) is 7.66. The fourth-order valence-corrected chi connectivity index (χ4v) is 2.59. The van der Waals surface area contributed by atoms with E-state index in [0.29, 0.717) is 6.04 Å². The van der Waals surface area contributed by atoms with E-state index in [1.807, 2.05) is 18.8 Å². The standard InChI is InChI=1S/C15H32N4S/c1-6-9-19-10-7-13(8-11-19)18-14(16-4)17-12-15(2,3)20-5/h13H,6-12H2,1-5H3,(H2,16,17,18). The van der Waals surface area contributed by atoms with Crippen molar-refractivity contribution in [1.29, 1.82) is 0 Å². The Balaban J connectivity index is 2.32. The van der Waals surface area contributed by atoms with E-state index in [1.54, 1.807) is 0 Å². The highest BCUT2D eigenvalue weighted by Gasteiger charge is 2.20. The summed E-state index contributed by atoms with van der Waals surface area (Å²) < 4.78 is 0.238. The monoisotopic (exact) mass is 300 g/mol. The Bertz CT molecular complexity index is 296. The number of rotatable bonds is 6. The van der Waals surface area contributed by atoms with E-state index in [1.165, 1.54) is 38.9 Å². The van der Waals surface area contributed by atoms with Crippen LogP contribution in [0, 0.1) is 0 Å². The summed E-state index contributed by atoms with van der Waals surface area (Å²) >= 11 is 1.88. The van der Waals surface area contributed by atoms with Crippen molar-refractivity contribution in [1.82, 2.24) is 15.5 Å². The van der Waals surface area contributed by atoms with Crippen LogP contribution in [0.5, 0.6) is 0 Å². The highest BCUT2D eigenvalue weighted by Crippen LogP contribution is 2.19. The maximum absolute atomic E-state index is 4.35. The van der Waals surface area contributed by atoms with Gasteiger partial charge >= 0.3 is 0 Å². The van der Waals surface area contributed by atoms with Crippen molar-refractivity contribution in [2.45, 2.75) is 50.8 Å². The van der Waals surface area contributed by atoms with Crippen molar-refractivity contribution in [3.63, 3.8) is 0 Å². The third-order valence-electron chi connectivity index (χ3n) is 3.93. The van der Waals surface area contributed by atoms with Crippen molar-refractivity contribution in [3.05, 3.63) is 0 Å². The van der Waals surface area contributed by atoms with E-state index in [9.17, 15) is 0 Å². The highest BCUT2D eigenvalue weighted by atomic mass is 32.2. The Kier molecular flexibility index (Phi) is 7.74. The van der Waals surface area contributed by atoms with Gasteiger partial charge in [-0.3, -0.25) is 4.99 Å². The quantitative estimate of drug-likeness (QED) is 0.582. The molecule has 1 aliphatic heterocycles. The van der Waals surface area contributed by atoms with Gasteiger partial charge in [0.1, 0.15) is 0 Å². The smallest absolute Gasteiger partial charge is 0.191 e. The minimum atomic E-state index is 0.238. The molecular weight excluding hydrogens is 268 g/mol. The molecule has 5 heteroatoms. The molecule has 1 rings (SSSR count). The molecule has 0 spiro atoms. The molecule has 118 valence electrons. The van der Waals surface area contributed by atoms with Crippen LogP contribution >= 0.6 is 11.8 Å². The summed E-state index contributed by atoms with van der Waals surface area (Å²) in [4.78, 5) is 6.91. The normalized spacial score (nSPS) is 19.1. The van der Waals surface area contributed by atoms with E-state index in [-0.39, 0.29) is 4.75 Å². The summed E-state index contributed by atoms with van der Waals surface area (Å²) in [5.41, 5.74) is 0. The van der Waals surface area contributed by atoms with Gasteiger partial charge in [0.2, 0.25) is 0 Å². The van der Waals surface area contributed by atoms with Crippen LogP contribution in [0.2, 0.25) is 0 Å². The maximum atomic E-state index is 4.35. The molecule has 0 bridgehead atoms. The SMILES string of the molecule is CCCN1CCC(NC(=NC)NCC(C)(C)SC)CC1. The van der Waals surface area contributed by atoms with Crippen LogP contribution in [0.25, 0.3) is 0 Å². The third kappa shape index (κ3) is 6.35. The fourth-order valence-electron chi connectivity index (χ4n) is 2.37. The number of nitrogens with zero attached hydrogens (tertiary/aromatic N) is 2. The van der Waals surface area contributed by atoms with Gasteiger partial charge in [-0.1, -0.05) is 6.92 Å². The van der Waals surface area contributed by atoms with E-state index >= 15 is 0 Å². The number of guanidine groups is 1. The molecule has 2 N–H and O–H groups in total. The van der Waals surface area contributed by atoms with Crippen molar-refractivity contribution in [3.8, 4) is 0 Å². The first kappa shape index (κ1) is 17.6. The molecule has 0 saturated carbocycles. The number of thioether (sulfide) groups is 1. The lowest BCUT2D eigenvalue weighted by Crippen LogP contribution is -2.50. The zero-order valence-electron chi connectivity index (χ0n) is 13.8. The average Bonchev–Trinajstić information content (AvgIpc) is 2.45. The molecule has 0 aliphatic carbocycles. The van der Waals surface area contributed by atoms with Gasteiger partial charge in [-0.25, -0.2) is 0 Å². The summed E-state index contributed by atoms with van der Waals surface area (Å²) in [6.07, 6.45) is 5.84. The van der Waals surface area contributed by atoms with Crippen LogP contribution in [0.3, 0.4) is 0 Å². The first-order valence-corrected chi connectivity index (χ1v) is 8.98. The van der Waals surface area contributed by atoms with Crippen LogP contribution in [0.4, 0.5) is 0 Å². The fraction of sp³-hybridized carbons (Fsp3) is 0.933. The van der Waals surface area contributed by atoms with E-state index in [0.717, 1.165) is 12.5 Å². The van der Waals surface area contributed by atoms with Gasteiger partial charge in [-0.05, 0) is 45.9 Å². The Morgan fingerprint density at radius 2 is 2.00 bits per heavy atom. The predicted octanol–water partition coefficient (Wildman–Crippen LogP) is 2.17. The average molecular weight is 301 g/mol. The van der Waals surface area contributed by atoms with Crippen molar-refractivity contribution in [2.24, 2.45) is 4.99 Å². The first-order valence-electron chi connectivity index (χ1n) is 7.75. The minimum absolute atomic E-state index is 0.238.